The summed E-state index contributed by atoms with van der Waals surface area (Å²) in [6.45, 7) is -0.497. The van der Waals surface area contributed by atoms with Crippen molar-refractivity contribution in [2.24, 2.45) is 0 Å². The molecule has 0 atom stereocenters. The first kappa shape index (κ1) is 22.0. The number of alkyl halides is 3. The summed E-state index contributed by atoms with van der Waals surface area (Å²) in [5.41, 5.74) is -1.12. The first-order valence-electron chi connectivity index (χ1n) is 9.08. The maximum atomic E-state index is 13.8. The average Bonchev–Trinajstić information content (AvgIpc) is 3.16. The second kappa shape index (κ2) is 8.07. The van der Waals surface area contributed by atoms with Crippen molar-refractivity contribution in [3.05, 3.63) is 77.1 Å². The molecule has 0 amide bonds. The van der Waals surface area contributed by atoms with E-state index >= 15 is 0 Å². The fourth-order valence-corrected chi connectivity index (χ4v) is 3.07. The summed E-state index contributed by atoms with van der Waals surface area (Å²) in [6.07, 6.45) is -2.92. The van der Waals surface area contributed by atoms with E-state index in [9.17, 15) is 31.1 Å². The van der Waals surface area contributed by atoms with Crippen molar-refractivity contribution in [2.45, 2.75) is 12.7 Å². The summed E-state index contributed by atoms with van der Waals surface area (Å²) >= 11 is 0. The lowest BCUT2D eigenvalue weighted by atomic mass is 10.2. The van der Waals surface area contributed by atoms with Crippen LogP contribution in [0.1, 0.15) is 21.7 Å². The number of carbonyl (C=O) groups is 1. The molecule has 0 aliphatic rings. The molecule has 0 aliphatic heterocycles. The molecule has 170 valence electrons. The Bertz CT molecular complexity index is 1370. The van der Waals surface area contributed by atoms with Crippen LogP contribution in [-0.2, 0) is 12.7 Å². The Labute approximate surface area is 180 Å². The molecule has 2 aromatic carbocycles. The van der Waals surface area contributed by atoms with Crippen LogP contribution in [0.3, 0.4) is 0 Å². The Morgan fingerprint density at radius 2 is 1.76 bits per heavy atom. The van der Waals surface area contributed by atoms with Crippen molar-refractivity contribution in [2.75, 3.05) is 5.32 Å². The fraction of sp³-hybridized carbons (Fsp3) is 0.100. The summed E-state index contributed by atoms with van der Waals surface area (Å²) in [7, 11) is 0. The van der Waals surface area contributed by atoms with Gasteiger partial charge in [0.05, 0.1) is 29.0 Å². The Morgan fingerprint density at radius 3 is 2.39 bits per heavy atom. The predicted octanol–water partition coefficient (Wildman–Crippen LogP) is 4.56. The highest BCUT2D eigenvalue weighted by Crippen LogP contribution is 2.33. The molecule has 2 aromatic heterocycles. The van der Waals surface area contributed by atoms with Crippen LogP contribution in [0.4, 0.5) is 32.2 Å². The molecule has 4 aromatic rings. The molecule has 2 N–H and O–H groups in total. The normalized spacial score (nSPS) is 11.7. The molecule has 0 saturated carbocycles. The van der Waals surface area contributed by atoms with Crippen LogP contribution in [0.2, 0.25) is 0 Å². The highest BCUT2D eigenvalue weighted by Gasteiger charge is 2.38. The van der Waals surface area contributed by atoms with Gasteiger partial charge in [0.25, 0.3) is 0 Å². The molecule has 0 bridgehead atoms. The van der Waals surface area contributed by atoms with Gasteiger partial charge in [0.1, 0.15) is 11.6 Å². The number of halogens is 6. The van der Waals surface area contributed by atoms with E-state index in [-0.39, 0.29) is 28.2 Å². The number of nitrogens with zero attached hydrogens (tertiary/aromatic N) is 4. The number of aromatic carboxylic acids is 1. The van der Waals surface area contributed by atoms with E-state index in [2.05, 4.69) is 20.3 Å². The lowest BCUT2D eigenvalue weighted by Gasteiger charge is -2.12. The minimum absolute atomic E-state index is 0.0482. The van der Waals surface area contributed by atoms with E-state index in [4.69, 9.17) is 5.11 Å². The van der Waals surface area contributed by atoms with Crippen LogP contribution in [0, 0.1) is 17.5 Å². The van der Waals surface area contributed by atoms with Gasteiger partial charge in [0, 0.05) is 12.1 Å². The van der Waals surface area contributed by atoms with Gasteiger partial charge in [-0.3, -0.25) is 4.57 Å². The highest BCUT2D eigenvalue weighted by molar-refractivity contribution is 5.92. The minimum atomic E-state index is -4.90. The lowest BCUT2D eigenvalue weighted by Crippen LogP contribution is -2.15. The van der Waals surface area contributed by atoms with Gasteiger partial charge < -0.3 is 10.4 Å². The third-order valence-electron chi connectivity index (χ3n) is 4.61. The van der Waals surface area contributed by atoms with E-state index in [1.54, 1.807) is 0 Å². The van der Waals surface area contributed by atoms with Gasteiger partial charge in [-0.1, -0.05) is 0 Å². The van der Waals surface area contributed by atoms with Crippen molar-refractivity contribution in [1.82, 2.24) is 19.5 Å². The fourth-order valence-electron chi connectivity index (χ4n) is 3.07. The van der Waals surface area contributed by atoms with Gasteiger partial charge in [-0.25, -0.2) is 32.9 Å². The zero-order valence-corrected chi connectivity index (χ0v) is 16.2. The van der Waals surface area contributed by atoms with Crippen LogP contribution in [0.5, 0.6) is 0 Å². The number of carboxylic acid groups (broad SMARTS) is 1. The number of nitrogens with one attached hydrogen (secondary N) is 1. The number of imidazole rings is 1. The molecule has 4 rings (SSSR count). The van der Waals surface area contributed by atoms with Crippen molar-refractivity contribution < 1.29 is 36.2 Å². The molecular weight excluding hydrogens is 456 g/mol. The first-order valence-corrected chi connectivity index (χ1v) is 9.08. The summed E-state index contributed by atoms with van der Waals surface area (Å²) < 4.78 is 82.1. The number of fused-ring (bicyclic) bond motifs is 1. The molecule has 7 nitrogen and oxygen atoms in total. The second-order valence-electron chi connectivity index (χ2n) is 6.71. The molecule has 13 heteroatoms. The van der Waals surface area contributed by atoms with Crippen molar-refractivity contribution in [3.63, 3.8) is 0 Å². The molecule has 0 spiro atoms. The van der Waals surface area contributed by atoms with Crippen LogP contribution < -0.4 is 5.32 Å². The van der Waals surface area contributed by atoms with Crippen LogP contribution in [0.15, 0.2) is 42.7 Å². The molecule has 0 radical (unpaired) electrons. The number of anilines is 1. The van der Waals surface area contributed by atoms with Crippen LogP contribution in [-0.4, -0.2) is 30.6 Å². The Morgan fingerprint density at radius 1 is 1.03 bits per heavy atom. The summed E-state index contributed by atoms with van der Waals surface area (Å²) in [5, 5.41) is 11.6. The van der Waals surface area contributed by atoms with E-state index in [1.807, 2.05) is 0 Å². The Hall–Kier alpha value is -4.16. The summed E-state index contributed by atoms with van der Waals surface area (Å²) in [6, 6.07) is 4.66. The molecule has 33 heavy (non-hydrogen) atoms. The largest absolute Gasteiger partial charge is 0.478 e. The molecular formula is C20H11F6N5O2. The topological polar surface area (TPSA) is 92.9 Å². The summed E-state index contributed by atoms with van der Waals surface area (Å²) in [4.78, 5) is 22.4. The maximum absolute atomic E-state index is 13.8. The van der Waals surface area contributed by atoms with Crippen LogP contribution >= 0.6 is 0 Å². The van der Waals surface area contributed by atoms with E-state index < -0.39 is 47.5 Å². The van der Waals surface area contributed by atoms with Crippen LogP contribution in [0.25, 0.3) is 16.9 Å². The van der Waals surface area contributed by atoms with Crippen molar-refractivity contribution in [1.29, 1.82) is 0 Å². The minimum Gasteiger partial charge on any atom is -0.478 e. The number of hydrogen-bond donors (Lipinski definition) is 2. The zero-order chi connectivity index (χ0) is 23.9. The standard InChI is InChI=1S/C20H11F6N5O2/c21-11-2-3-12(22)17(23)10(11)6-27-15-7-29-16(8-28-15)31-14-4-1-9(18(32)33)5-13(14)30-19(31)20(24,25)26/h1-5,7-8H,6H2,(H,27,28)(H,32,33). The van der Waals surface area contributed by atoms with Crippen molar-refractivity contribution in [3.8, 4) is 5.82 Å². The molecule has 0 saturated heterocycles. The predicted molar refractivity (Wildman–Crippen MR) is 102 cm³/mol. The Balaban J connectivity index is 1.68. The lowest BCUT2D eigenvalue weighted by molar-refractivity contribution is -0.145. The SMILES string of the molecule is O=C(O)c1ccc2c(c1)nc(C(F)(F)F)n2-c1cnc(NCc2c(F)ccc(F)c2F)cn1. The molecule has 0 fully saturated rings. The number of benzene rings is 2. The smallest absolute Gasteiger partial charge is 0.450 e. The third kappa shape index (κ3) is 4.16. The van der Waals surface area contributed by atoms with E-state index in [0.717, 1.165) is 36.7 Å². The van der Waals surface area contributed by atoms with E-state index in [0.29, 0.717) is 10.6 Å². The van der Waals surface area contributed by atoms with Gasteiger partial charge in [-0.05, 0) is 30.3 Å². The second-order valence-corrected chi connectivity index (χ2v) is 6.71. The number of carboxylic acids is 1. The zero-order valence-electron chi connectivity index (χ0n) is 16.2. The Kier molecular flexibility index (Phi) is 5.39. The van der Waals surface area contributed by atoms with Gasteiger partial charge in [-0.15, -0.1) is 0 Å². The molecule has 0 aliphatic carbocycles. The molecule has 0 unspecified atom stereocenters. The molecule has 2 heterocycles. The van der Waals surface area contributed by atoms with Crippen molar-refractivity contribution >= 4 is 22.8 Å². The quantitative estimate of drug-likeness (QED) is 0.330. The average molecular weight is 467 g/mol. The number of hydrogen-bond acceptors (Lipinski definition) is 5. The van der Waals surface area contributed by atoms with Gasteiger partial charge in [0.2, 0.25) is 5.82 Å². The number of aromatic nitrogens is 4. The first-order chi connectivity index (χ1) is 15.6. The third-order valence-corrected chi connectivity index (χ3v) is 4.61. The van der Waals surface area contributed by atoms with Gasteiger partial charge in [-0.2, -0.15) is 13.2 Å². The van der Waals surface area contributed by atoms with Gasteiger partial charge in [0.15, 0.2) is 17.5 Å². The maximum Gasteiger partial charge on any atom is 0.450 e. The number of rotatable bonds is 5. The highest BCUT2D eigenvalue weighted by atomic mass is 19.4. The van der Waals surface area contributed by atoms with Gasteiger partial charge >= 0.3 is 12.1 Å². The summed E-state index contributed by atoms with van der Waals surface area (Å²) in [5.74, 6) is -6.64. The monoisotopic (exact) mass is 467 g/mol. The van der Waals surface area contributed by atoms with E-state index in [1.165, 1.54) is 0 Å².